The van der Waals surface area contributed by atoms with E-state index in [4.69, 9.17) is 14.6 Å². The van der Waals surface area contributed by atoms with Crippen molar-refractivity contribution in [2.45, 2.75) is 0 Å². The van der Waals surface area contributed by atoms with Crippen LogP contribution in [-0.2, 0) is 0 Å². The van der Waals surface area contributed by atoms with Gasteiger partial charge in [0.1, 0.15) is 22.8 Å². The number of carbonyl (C=O) groups is 1. The van der Waals surface area contributed by atoms with Crippen LogP contribution in [0.25, 0.3) is 11.1 Å². The molecule has 0 aliphatic rings. The van der Waals surface area contributed by atoms with E-state index in [1.54, 1.807) is 31.4 Å². The third-order valence-corrected chi connectivity index (χ3v) is 2.95. The van der Waals surface area contributed by atoms with Crippen LogP contribution in [-0.4, -0.2) is 30.4 Å². The van der Waals surface area contributed by atoms with Crippen molar-refractivity contribution in [3.63, 3.8) is 0 Å². The predicted octanol–water partition coefficient (Wildman–Crippen LogP) is 2.77. The lowest BCUT2D eigenvalue weighted by Crippen LogP contribution is -1.97. The molecule has 0 saturated heterocycles. The zero-order valence-electron chi connectivity index (χ0n) is 11.1. The number of ether oxygens (including phenoxy) is 2. The molecule has 0 fully saturated rings. The predicted molar refractivity (Wildman–Crippen MR) is 73.6 cm³/mol. The van der Waals surface area contributed by atoms with Gasteiger partial charge in [-0.15, -0.1) is 0 Å². The van der Waals surface area contributed by atoms with E-state index in [2.05, 4.69) is 0 Å². The molecule has 0 radical (unpaired) electrons. The molecule has 0 bridgehead atoms. The smallest absolute Gasteiger partial charge is 0.339 e. The van der Waals surface area contributed by atoms with Crippen LogP contribution in [0.15, 0.2) is 36.4 Å². The highest BCUT2D eigenvalue weighted by molar-refractivity contribution is 5.92. The van der Waals surface area contributed by atoms with Gasteiger partial charge in [-0.3, -0.25) is 0 Å². The lowest BCUT2D eigenvalue weighted by atomic mass is 10.0. The Balaban J connectivity index is 2.55. The molecule has 2 N–H and O–H groups in total. The monoisotopic (exact) mass is 274 g/mol. The van der Waals surface area contributed by atoms with E-state index in [-0.39, 0.29) is 11.3 Å². The van der Waals surface area contributed by atoms with Crippen molar-refractivity contribution in [2.24, 2.45) is 0 Å². The minimum Gasteiger partial charge on any atom is -0.507 e. The van der Waals surface area contributed by atoms with Gasteiger partial charge in [0.2, 0.25) is 0 Å². The van der Waals surface area contributed by atoms with Crippen LogP contribution in [0.3, 0.4) is 0 Å². The molecular formula is C15H14O5. The largest absolute Gasteiger partial charge is 0.507 e. The SMILES string of the molecule is COc1ccc(OC)c(-c2ccc(C(=O)O)c(O)c2)c1. The average Bonchev–Trinajstić information content (AvgIpc) is 2.46. The maximum atomic E-state index is 10.9. The van der Waals surface area contributed by atoms with Gasteiger partial charge in [-0.2, -0.15) is 0 Å². The molecule has 0 aliphatic heterocycles. The first kappa shape index (κ1) is 13.7. The molecule has 2 aromatic carbocycles. The maximum Gasteiger partial charge on any atom is 0.339 e. The Morgan fingerprint density at radius 2 is 1.80 bits per heavy atom. The molecule has 104 valence electrons. The number of benzene rings is 2. The molecule has 0 unspecified atom stereocenters. The van der Waals surface area contributed by atoms with Crippen LogP contribution in [0.1, 0.15) is 10.4 Å². The minimum atomic E-state index is -1.17. The zero-order valence-corrected chi connectivity index (χ0v) is 11.1. The van der Waals surface area contributed by atoms with Gasteiger partial charge in [-0.25, -0.2) is 4.79 Å². The van der Waals surface area contributed by atoms with Gasteiger partial charge in [0, 0.05) is 5.56 Å². The second-order valence-electron chi connectivity index (χ2n) is 4.10. The van der Waals surface area contributed by atoms with E-state index < -0.39 is 5.97 Å². The van der Waals surface area contributed by atoms with Crippen molar-refractivity contribution in [1.29, 1.82) is 0 Å². The van der Waals surface area contributed by atoms with Gasteiger partial charge in [0.15, 0.2) is 0 Å². The molecule has 0 aromatic heterocycles. The fourth-order valence-electron chi connectivity index (χ4n) is 1.92. The second-order valence-corrected chi connectivity index (χ2v) is 4.10. The van der Waals surface area contributed by atoms with Gasteiger partial charge < -0.3 is 19.7 Å². The van der Waals surface area contributed by atoms with Crippen molar-refractivity contribution >= 4 is 5.97 Å². The van der Waals surface area contributed by atoms with E-state index in [9.17, 15) is 9.90 Å². The topological polar surface area (TPSA) is 76.0 Å². The number of phenols is 1. The van der Waals surface area contributed by atoms with Gasteiger partial charge in [0.05, 0.1) is 14.2 Å². The number of carboxylic acid groups (broad SMARTS) is 1. The summed E-state index contributed by atoms with van der Waals surface area (Å²) < 4.78 is 10.4. The third kappa shape index (κ3) is 2.51. The highest BCUT2D eigenvalue weighted by atomic mass is 16.5. The fourth-order valence-corrected chi connectivity index (χ4v) is 1.92. The third-order valence-electron chi connectivity index (χ3n) is 2.95. The van der Waals surface area contributed by atoms with Crippen molar-refractivity contribution in [1.82, 2.24) is 0 Å². The lowest BCUT2D eigenvalue weighted by molar-refractivity contribution is 0.0694. The number of hydrogen-bond donors (Lipinski definition) is 2. The number of carboxylic acids is 1. The number of aromatic hydroxyl groups is 1. The molecule has 5 nitrogen and oxygen atoms in total. The first-order chi connectivity index (χ1) is 9.56. The van der Waals surface area contributed by atoms with Crippen LogP contribution >= 0.6 is 0 Å². The molecule has 0 amide bonds. The number of methoxy groups -OCH3 is 2. The molecule has 0 heterocycles. The zero-order chi connectivity index (χ0) is 14.7. The standard InChI is InChI=1S/C15H14O5/c1-19-10-4-6-14(20-2)12(8-10)9-3-5-11(15(17)18)13(16)7-9/h3-8,16H,1-2H3,(H,17,18). The van der Waals surface area contributed by atoms with Crippen LogP contribution < -0.4 is 9.47 Å². The van der Waals surface area contributed by atoms with Crippen LogP contribution in [0, 0.1) is 0 Å². The van der Waals surface area contributed by atoms with Crippen molar-refractivity contribution in [3.05, 3.63) is 42.0 Å². The molecule has 0 spiro atoms. The Bertz CT molecular complexity index is 649. The number of hydrogen-bond acceptors (Lipinski definition) is 4. The summed E-state index contributed by atoms with van der Waals surface area (Å²) >= 11 is 0. The van der Waals surface area contributed by atoms with E-state index in [0.29, 0.717) is 22.6 Å². The number of aromatic carboxylic acids is 1. The minimum absolute atomic E-state index is 0.143. The van der Waals surface area contributed by atoms with Gasteiger partial charge in [-0.1, -0.05) is 6.07 Å². The van der Waals surface area contributed by atoms with Gasteiger partial charge >= 0.3 is 5.97 Å². The molecule has 2 rings (SSSR count). The first-order valence-corrected chi connectivity index (χ1v) is 5.85. The van der Waals surface area contributed by atoms with Gasteiger partial charge in [0.25, 0.3) is 0 Å². The van der Waals surface area contributed by atoms with Crippen LogP contribution in [0.4, 0.5) is 0 Å². The summed E-state index contributed by atoms with van der Waals surface area (Å²) in [6.07, 6.45) is 0. The lowest BCUT2D eigenvalue weighted by Gasteiger charge is -2.11. The molecule has 0 saturated carbocycles. The molecule has 20 heavy (non-hydrogen) atoms. The molecule has 0 atom stereocenters. The van der Waals surface area contributed by atoms with Crippen molar-refractivity contribution < 1.29 is 24.5 Å². The summed E-state index contributed by atoms with van der Waals surface area (Å²) in [5, 5.41) is 18.7. The van der Waals surface area contributed by atoms with E-state index in [1.165, 1.54) is 19.2 Å². The summed E-state index contributed by atoms with van der Waals surface area (Å²) in [7, 11) is 3.09. The first-order valence-electron chi connectivity index (χ1n) is 5.85. The normalized spacial score (nSPS) is 10.1. The maximum absolute atomic E-state index is 10.9. The molecule has 2 aromatic rings. The fraction of sp³-hybridized carbons (Fsp3) is 0.133. The van der Waals surface area contributed by atoms with Crippen molar-refractivity contribution in [2.75, 3.05) is 14.2 Å². The quantitative estimate of drug-likeness (QED) is 0.896. The number of rotatable bonds is 4. The highest BCUT2D eigenvalue weighted by Crippen LogP contribution is 2.35. The summed E-state index contributed by atoms with van der Waals surface area (Å²) in [5.41, 5.74) is 1.21. The summed E-state index contributed by atoms with van der Waals surface area (Å²) in [6.45, 7) is 0. The average molecular weight is 274 g/mol. The Kier molecular flexibility index (Phi) is 3.79. The van der Waals surface area contributed by atoms with Gasteiger partial charge in [-0.05, 0) is 35.9 Å². The Morgan fingerprint density at radius 1 is 1.05 bits per heavy atom. The van der Waals surface area contributed by atoms with E-state index in [0.717, 1.165) is 0 Å². The Hall–Kier alpha value is -2.69. The summed E-state index contributed by atoms with van der Waals surface area (Å²) in [5.74, 6) is -0.220. The summed E-state index contributed by atoms with van der Waals surface area (Å²) in [6, 6.07) is 9.62. The molecular weight excluding hydrogens is 260 g/mol. The summed E-state index contributed by atoms with van der Waals surface area (Å²) in [4.78, 5) is 10.9. The second kappa shape index (κ2) is 5.52. The molecule has 0 aliphatic carbocycles. The van der Waals surface area contributed by atoms with E-state index >= 15 is 0 Å². The Morgan fingerprint density at radius 3 is 2.35 bits per heavy atom. The van der Waals surface area contributed by atoms with Crippen molar-refractivity contribution in [3.8, 4) is 28.4 Å². The van der Waals surface area contributed by atoms with Crippen LogP contribution in [0.5, 0.6) is 17.2 Å². The molecule has 5 heteroatoms. The highest BCUT2D eigenvalue weighted by Gasteiger charge is 2.13. The Labute approximate surface area is 116 Å². The van der Waals surface area contributed by atoms with E-state index in [1.807, 2.05) is 0 Å². The van der Waals surface area contributed by atoms with Crippen LogP contribution in [0.2, 0.25) is 0 Å².